The third-order valence-corrected chi connectivity index (χ3v) is 4.43. The first-order valence-electron chi connectivity index (χ1n) is 7.78. The molecule has 24 heavy (non-hydrogen) atoms. The molecule has 0 atom stereocenters. The minimum absolute atomic E-state index is 0.766. The Hall–Kier alpha value is -3.40. The summed E-state index contributed by atoms with van der Waals surface area (Å²) in [6, 6.07) is 24.9. The first-order chi connectivity index (χ1) is 11.9. The number of fused-ring (bicyclic) bond motifs is 8. The van der Waals surface area contributed by atoms with E-state index in [9.17, 15) is 0 Å². The van der Waals surface area contributed by atoms with Gasteiger partial charge in [0, 0.05) is 11.1 Å². The molecule has 1 heterocycles. The molecule has 4 nitrogen and oxygen atoms in total. The largest absolute Gasteiger partial charge is 0.126 e. The van der Waals surface area contributed by atoms with Crippen molar-refractivity contribution in [2.75, 3.05) is 0 Å². The molecule has 4 heteroatoms. The third-order valence-electron chi connectivity index (χ3n) is 4.43. The minimum atomic E-state index is 0.766. The van der Waals surface area contributed by atoms with Crippen LogP contribution in [0.1, 0.15) is 0 Å². The van der Waals surface area contributed by atoms with Crippen LogP contribution in [0, 0.1) is 0 Å². The summed E-state index contributed by atoms with van der Waals surface area (Å²) in [6.45, 7) is 0. The summed E-state index contributed by atoms with van der Waals surface area (Å²) in [6.07, 6.45) is 0. The molecule has 112 valence electrons. The number of benzene rings is 3. The Morgan fingerprint density at radius 1 is 0.375 bits per heavy atom. The highest BCUT2D eigenvalue weighted by Crippen LogP contribution is 2.45. The van der Waals surface area contributed by atoms with E-state index in [0.29, 0.717) is 0 Å². The number of rotatable bonds is 0. The lowest BCUT2D eigenvalue weighted by Gasteiger charge is -2.20. The number of nitrogens with zero attached hydrogens (tertiary/aromatic N) is 4. The summed E-state index contributed by atoms with van der Waals surface area (Å²) in [7, 11) is 0. The van der Waals surface area contributed by atoms with Crippen molar-refractivity contribution in [3.05, 3.63) is 72.8 Å². The van der Waals surface area contributed by atoms with Crippen LogP contribution >= 0.6 is 0 Å². The van der Waals surface area contributed by atoms with Crippen LogP contribution in [-0.4, -0.2) is 20.6 Å². The monoisotopic (exact) mass is 308 g/mol. The second-order valence-electron chi connectivity index (χ2n) is 5.71. The maximum Gasteiger partial charge on any atom is 0.124 e. The summed E-state index contributed by atoms with van der Waals surface area (Å²) < 4.78 is 0. The normalized spacial score (nSPS) is 11.3. The fourth-order valence-corrected chi connectivity index (χ4v) is 3.39. The molecule has 5 rings (SSSR count). The molecule has 4 aromatic rings. The van der Waals surface area contributed by atoms with Crippen LogP contribution in [0.5, 0.6) is 0 Å². The molecule has 1 aliphatic carbocycles. The van der Waals surface area contributed by atoms with Gasteiger partial charge in [-0.15, -0.1) is 10.2 Å². The van der Waals surface area contributed by atoms with Gasteiger partial charge in [0.15, 0.2) is 0 Å². The van der Waals surface area contributed by atoms with Crippen molar-refractivity contribution in [2.45, 2.75) is 0 Å². The molecule has 0 aliphatic heterocycles. The quantitative estimate of drug-likeness (QED) is 0.429. The Morgan fingerprint density at radius 3 is 1.04 bits per heavy atom. The molecule has 0 bridgehead atoms. The van der Waals surface area contributed by atoms with Gasteiger partial charge in [0.25, 0.3) is 0 Å². The van der Waals surface area contributed by atoms with Gasteiger partial charge in [-0.2, -0.15) is 0 Å². The fraction of sp³-hybridized carbons (Fsp3) is 0. The van der Waals surface area contributed by atoms with Crippen molar-refractivity contribution in [1.29, 1.82) is 0 Å². The van der Waals surface area contributed by atoms with Gasteiger partial charge < -0.3 is 0 Å². The predicted octanol–water partition coefficient (Wildman–Crippen LogP) is 4.25. The molecular weight excluding hydrogens is 296 g/mol. The van der Waals surface area contributed by atoms with E-state index in [1.54, 1.807) is 0 Å². The Morgan fingerprint density at radius 2 is 0.667 bits per heavy atom. The summed E-state index contributed by atoms with van der Waals surface area (Å²) in [4.78, 5) is 0. The van der Waals surface area contributed by atoms with Crippen LogP contribution in [0.15, 0.2) is 72.8 Å². The molecule has 0 radical (unpaired) electrons. The van der Waals surface area contributed by atoms with Gasteiger partial charge in [0.05, 0.1) is 0 Å². The summed E-state index contributed by atoms with van der Waals surface area (Å²) in [5, 5.41) is 16.2. The molecular formula is C20H12N4. The van der Waals surface area contributed by atoms with Gasteiger partial charge >= 0.3 is 0 Å². The molecule has 0 saturated heterocycles. The van der Waals surface area contributed by atoms with Crippen LogP contribution in [-0.2, 0) is 0 Å². The summed E-state index contributed by atoms with van der Waals surface area (Å²) in [5.41, 5.74) is 8.21. The number of hydrogen-bond donors (Lipinski definition) is 0. The molecule has 1 aromatic heterocycles. The van der Waals surface area contributed by atoms with Gasteiger partial charge in [-0.1, -0.05) is 72.8 Å². The third kappa shape index (κ3) is 1.80. The average molecular weight is 308 g/mol. The van der Waals surface area contributed by atoms with Crippen LogP contribution in [0.4, 0.5) is 0 Å². The molecule has 0 fully saturated rings. The van der Waals surface area contributed by atoms with Crippen LogP contribution in [0.25, 0.3) is 44.8 Å². The van der Waals surface area contributed by atoms with E-state index in [1.807, 2.05) is 24.3 Å². The Bertz CT molecular complexity index is 785. The summed E-state index contributed by atoms with van der Waals surface area (Å²) in [5.74, 6) is 0. The fourth-order valence-electron chi connectivity index (χ4n) is 3.39. The van der Waals surface area contributed by atoms with Gasteiger partial charge in [-0.3, -0.25) is 0 Å². The molecule has 1 aliphatic rings. The van der Waals surface area contributed by atoms with Gasteiger partial charge in [-0.25, -0.2) is 0 Å². The lowest BCUT2D eigenvalue weighted by Crippen LogP contribution is -2.03. The highest BCUT2D eigenvalue weighted by molar-refractivity contribution is 6.00. The van der Waals surface area contributed by atoms with Crippen LogP contribution in [0.2, 0.25) is 0 Å². The second kappa shape index (κ2) is 5.06. The van der Waals surface area contributed by atoms with E-state index in [-0.39, 0.29) is 0 Å². The van der Waals surface area contributed by atoms with Crippen molar-refractivity contribution >= 4 is 0 Å². The SMILES string of the molecule is c1ccc2c(c1)-c1ccccc1-c1nnnnc1-c1ccccc1-2. The highest BCUT2D eigenvalue weighted by atomic mass is 15.4. The second-order valence-corrected chi connectivity index (χ2v) is 5.71. The Balaban J connectivity index is 2.01. The lowest BCUT2D eigenvalue weighted by atomic mass is 9.84. The lowest BCUT2D eigenvalue weighted by molar-refractivity contribution is 0.772. The zero-order valence-electron chi connectivity index (χ0n) is 12.7. The molecule has 0 saturated carbocycles. The van der Waals surface area contributed by atoms with E-state index in [1.165, 1.54) is 11.1 Å². The predicted molar refractivity (Wildman–Crippen MR) is 92.9 cm³/mol. The van der Waals surface area contributed by atoms with Crippen molar-refractivity contribution < 1.29 is 0 Å². The van der Waals surface area contributed by atoms with Crippen molar-refractivity contribution in [3.8, 4) is 44.8 Å². The van der Waals surface area contributed by atoms with E-state index < -0.39 is 0 Å². The molecule has 0 unspecified atom stereocenters. The van der Waals surface area contributed by atoms with Crippen LogP contribution in [0.3, 0.4) is 0 Å². The van der Waals surface area contributed by atoms with E-state index in [0.717, 1.165) is 33.6 Å². The smallest absolute Gasteiger partial charge is 0.124 e. The summed E-state index contributed by atoms with van der Waals surface area (Å²) >= 11 is 0. The first kappa shape index (κ1) is 13.1. The maximum absolute atomic E-state index is 4.31. The minimum Gasteiger partial charge on any atom is -0.126 e. The van der Waals surface area contributed by atoms with E-state index in [4.69, 9.17) is 0 Å². The van der Waals surface area contributed by atoms with E-state index in [2.05, 4.69) is 69.2 Å². The van der Waals surface area contributed by atoms with Crippen LogP contribution < -0.4 is 0 Å². The standard InChI is InChI=1S/C20H12N4/c1-2-8-14-13(7-1)15-9-3-5-11-17(15)19-20(22-24-23-21-19)18-12-6-4-10-16(14)18/h1-12H. The van der Waals surface area contributed by atoms with Crippen molar-refractivity contribution in [1.82, 2.24) is 20.6 Å². The molecule has 0 spiro atoms. The van der Waals surface area contributed by atoms with Crippen molar-refractivity contribution in [3.63, 3.8) is 0 Å². The molecule has 0 amide bonds. The van der Waals surface area contributed by atoms with Gasteiger partial charge in [0.2, 0.25) is 0 Å². The zero-order valence-corrected chi connectivity index (χ0v) is 12.7. The highest BCUT2D eigenvalue weighted by Gasteiger charge is 2.23. The van der Waals surface area contributed by atoms with Gasteiger partial charge in [0.1, 0.15) is 11.4 Å². The maximum atomic E-state index is 4.31. The van der Waals surface area contributed by atoms with E-state index >= 15 is 0 Å². The topological polar surface area (TPSA) is 51.6 Å². The molecule has 3 aromatic carbocycles. The zero-order chi connectivity index (χ0) is 15.9. The van der Waals surface area contributed by atoms with Crippen molar-refractivity contribution in [2.24, 2.45) is 0 Å². The molecule has 0 N–H and O–H groups in total. The first-order valence-corrected chi connectivity index (χ1v) is 7.78. The number of aromatic nitrogens is 4. The Kier molecular flexibility index (Phi) is 2.76. The Labute approximate surface area is 138 Å². The van der Waals surface area contributed by atoms with Gasteiger partial charge in [-0.05, 0) is 32.7 Å². The average Bonchev–Trinajstić information content (AvgIpc) is 2.67. The number of hydrogen-bond acceptors (Lipinski definition) is 4.